The van der Waals surface area contributed by atoms with Crippen molar-refractivity contribution in [3.05, 3.63) is 29.3 Å². The molecule has 1 unspecified atom stereocenters. The topological polar surface area (TPSA) is 46.2 Å². The van der Waals surface area contributed by atoms with Crippen LogP contribution in [-0.4, -0.2) is 17.3 Å². The van der Waals surface area contributed by atoms with Crippen LogP contribution in [0.2, 0.25) is 0 Å². The SMILES string of the molecule is NC(Cc1cc(F)cc(F)c1O)C(F)(F)F. The van der Waals surface area contributed by atoms with Gasteiger partial charge in [0.2, 0.25) is 0 Å². The monoisotopic (exact) mass is 241 g/mol. The summed E-state index contributed by atoms with van der Waals surface area (Å²) >= 11 is 0. The molecule has 0 bridgehead atoms. The van der Waals surface area contributed by atoms with Crippen molar-refractivity contribution in [1.82, 2.24) is 0 Å². The number of alkyl halides is 3. The van der Waals surface area contributed by atoms with Crippen LogP contribution in [0.15, 0.2) is 12.1 Å². The maximum atomic E-state index is 12.8. The molecule has 0 saturated heterocycles. The molecule has 3 N–H and O–H groups in total. The fourth-order valence-electron chi connectivity index (χ4n) is 1.13. The summed E-state index contributed by atoms with van der Waals surface area (Å²) in [5.41, 5.74) is 4.26. The quantitative estimate of drug-likeness (QED) is 0.779. The number of aromatic hydroxyl groups is 1. The molecular formula is C9H8F5NO. The number of rotatable bonds is 2. The maximum absolute atomic E-state index is 12.8. The molecule has 7 heteroatoms. The first-order chi connectivity index (χ1) is 7.21. The van der Waals surface area contributed by atoms with Crippen molar-refractivity contribution in [3.8, 4) is 5.75 Å². The minimum absolute atomic E-state index is 0.373. The Labute approximate surface area is 87.5 Å². The summed E-state index contributed by atoms with van der Waals surface area (Å²) in [6, 6.07) is -1.29. The molecule has 0 saturated carbocycles. The molecule has 0 heterocycles. The first-order valence-electron chi connectivity index (χ1n) is 4.21. The van der Waals surface area contributed by atoms with Gasteiger partial charge < -0.3 is 10.8 Å². The normalized spacial score (nSPS) is 13.9. The Morgan fingerprint density at radius 3 is 2.31 bits per heavy atom. The summed E-state index contributed by atoms with van der Waals surface area (Å²) in [5.74, 6) is -3.40. The van der Waals surface area contributed by atoms with Crippen LogP contribution in [-0.2, 0) is 6.42 Å². The zero-order chi connectivity index (χ0) is 12.5. The van der Waals surface area contributed by atoms with Gasteiger partial charge in [-0.3, -0.25) is 0 Å². The predicted octanol–water partition coefficient (Wildman–Crippen LogP) is 2.10. The molecule has 90 valence electrons. The van der Waals surface area contributed by atoms with E-state index in [1.807, 2.05) is 0 Å². The Bertz CT molecular complexity index is 390. The predicted molar refractivity (Wildman–Crippen MR) is 45.8 cm³/mol. The summed E-state index contributed by atoms with van der Waals surface area (Å²) in [6.07, 6.45) is -5.57. The number of benzene rings is 1. The highest BCUT2D eigenvalue weighted by atomic mass is 19.4. The fourth-order valence-corrected chi connectivity index (χ4v) is 1.13. The van der Waals surface area contributed by atoms with Gasteiger partial charge in [-0.15, -0.1) is 0 Å². The van der Waals surface area contributed by atoms with Crippen molar-refractivity contribution >= 4 is 0 Å². The summed E-state index contributed by atoms with van der Waals surface area (Å²) in [4.78, 5) is 0. The van der Waals surface area contributed by atoms with Gasteiger partial charge in [-0.05, 0) is 6.07 Å². The molecule has 1 aromatic rings. The van der Waals surface area contributed by atoms with Gasteiger partial charge in [-0.1, -0.05) is 0 Å². The molecule has 0 radical (unpaired) electrons. The molecule has 0 aliphatic rings. The van der Waals surface area contributed by atoms with Gasteiger partial charge >= 0.3 is 6.18 Å². The van der Waals surface area contributed by atoms with Crippen molar-refractivity contribution in [1.29, 1.82) is 0 Å². The third-order valence-electron chi connectivity index (χ3n) is 1.97. The minimum atomic E-state index is -4.69. The van der Waals surface area contributed by atoms with Gasteiger partial charge in [0.15, 0.2) is 11.6 Å². The zero-order valence-electron chi connectivity index (χ0n) is 7.85. The average molecular weight is 241 g/mol. The number of halogens is 5. The third-order valence-corrected chi connectivity index (χ3v) is 1.97. The van der Waals surface area contributed by atoms with Crippen molar-refractivity contribution < 1.29 is 27.1 Å². The second kappa shape index (κ2) is 4.25. The van der Waals surface area contributed by atoms with Gasteiger partial charge in [0.05, 0.1) is 0 Å². The standard InChI is InChI=1S/C9H8F5NO/c10-5-1-4(8(16)6(11)3-5)2-7(15)9(12,13)14/h1,3,7,16H,2,15H2. The highest BCUT2D eigenvalue weighted by Crippen LogP contribution is 2.27. The Morgan fingerprint density at radius 1 is 1.25 bits per heavy atom. The molecule has 0 fully saturated rings. The van der Waals surface area contributed by atoms with E-state index in [4.69, 9.17) is 10.8 Å². The van der Waals surface area contributed by atoms with Crippen molar-refractivity contribution in [2.24, 2.45) is 5.73 Å². The molecule has 1 atom stereocenters. The van der Waals surface area contributed by atoms with Gasteiger partial charge in [-0.25, -0.2) is 8.78 Å². The van der Waals surface area contributed by atoms with E-state index in [0.29, 0.717) is 12.1 Å². The Morgan fingerprint density at radius 2 is 1.81 bits per heavy atom. The van der Waals surface area contributed by atoms with E-state index in [-0.39, 0.29) is 0 Å². The van der Waals surface area contributed by atoms with Gasteiger partial charge in [0.25, 0.3) is 0 Å². The fraction of sp³-hybridized carbons (Fsp3) is 0.333. The van der Waals surface area contributed by atoms with Crippen molar-refractivity contribution in [2.45, 2.75) is 18.6 Å². The lowest BCUT2D eigenvalue weighted by Gasteiger charge is -2.16. The lowest BCUT2D eigenvalue weighted by atomic mass is 10.0. The molecule has 0 aliphatic heterocycles. The highest BCUT2D eigenvalue weighted by molar-refractivity contribution is 5.35. The summed E-state index contributed by atoms with van der Waals surface area (Å²) in [6.45, 7) is 0. The van der Waals surface area contributed by atoms with Crippen molar-refractivity contribution in [2.75, 3.05) is 0 Å². The Hall–Kier alpha value is -1.37. The van der Waals surface area contributed by atoms with Crippen LogP contribution < -0.4 is 5.73 Å². The van der Waals surface area contributed by atoms with Crippen LogP contribution in [0.4, 0.5) is 22.0 Å². The van der Waals surface area contributed by atoms with Gasteiger partial charge in [-0.2, -0.15) is 13.2 Å². The number of nitrogens with two attached hydrogens (primary N) is 1. The minimum Gasteiger partial charge on any atom is -0.505 e. The molecule has 0 amide bonds. The maximum Gasteiger partial charge on any atom is 0.403 e. The van der Waals surface area contributed by atoms with Gasteiger partial charge in [0, 0.05) is 18.1 Å². The molecule has 2 nitrogen and oxygen atoms in total. The molecule has 0 aliphatic carbocycles. The Kier molecular flexibility index (Phi) is 3.37. The molecule has 1 rings (SSSR count). The number of phenolic OH excluding ortho intramolecular Hbond substituents is 1. The lowest BCUT2D eigenvalue weighted by Crippen LogP contribution is -2.39. The second-order valence-corrected chi connectivity index (χ2v) is 3.25. The highest BCUT2D eigenvalue weighted by Gasteiger charge is 2.37. The molecule has 0 aromatic heterocycles. The first-order valence-corrected chi connectivity index (χ1v) is 4.21. The van der Waals surface area contributed by atoms with Crippen LogP contribution in [0.3, 0.4) is 0 Å². The van der Waals surface area contributed by atoms with E-state index in [0.717, 1.165) is 0 Å². The number of hydrogen-bond acceptors (Lipinski definition) is 2. The van der Waals surface area contributed by atoms with E-state index in [9.17, 15) is 22.0 Å². The largest absolute Gasteiger partial charge is 0.505 e. The number of phenols is 1. The van der Waals surface area contributed by atoms with Crippen LogP contribution in [0.25, 0.3) is 0 Å². The molecule has 0 spiro atoms. The van der Waals surface area contributed by atoms with Gasteiger partial charge in [0.1, 0.15) is 11.9 Å². The molecular weight excluding hydrogens is 233 g/mol. The zero-order valence-corrected chi connectivity index (χ0v) is 7.85. The second-order valence-electron chi connectivity index (χ2n) is 3.25. The van der Waals surface area contributed by atoms with E-state index < -0.39 is 41.6 Å². The van der Waals surface area contributed by atoms with E-state index in [1.165, 1.54) is 0 Å². The van der Waals surface area contributed by atoms with Crippen LogP contribution >= 0.6 is 0 Å². The molecule has 1 aromatic carbocycles. The number of hydrogen-bond donors (Lipinski definition) is 2. The summed E-state index contributed by atoms with van der Waals surface area (Å²) < 4.78 is 61.7. The van der Waals surface area contributed by atoms with E-state index >= 15 is 0 Å². The smallest absolute Gasteiger partial charge is 0.403 e. The van der Waals surface area contributed by atoms with Crippen LogP contribution in [0, 0.1) is 11.6 Å². The lowest BCUT2D eigenvalue weighted by molar-refractivity contribution is -0.147. The van der Waals surface area contributed by atoms with Crippen LogP contribution in [0.5, 0.6) is 5.75 Å². The summed E-state index contributed by atoms with van der Waals surface area (Å²) in [5, 5.41) is 9.07. The molecule has 16 heavy (non-hydrogen) atoms. The van der Waals surface area contributed by atoms with E-state index in [2.05, 4.69) is 0 Å². The Balaban J connectivity index is 2.98. The van der Waals surface area contributed by atoms with E-state index in [1.54, 1.807) is 0 Å². The average Bonchev–Trinajstić information content (AvgIpc) is 2.11. The van der Waals surface area contributed by atoms with Crippen LogP contribution in [0.1, 0.15) is 5.56 Å². The first kappa shape index (κ1) is 12.7. The third kappa shape index (κ3) is 2.82. The summed E-state index contributed by atoms with van der Waals surface area (Å²) in [7, 11) is 0. The van der Waals surface area contributed by atoms with Crippen molar-refractivity contribution in [3.63, 3.8) is 0 Å².